The van der Waals surface area contributed by atoms with Gasteiger partial charge in [-0.1, -0.05) is 18.2 Å². The van der Waals surface area contributed by atoms with E-state index in [1.165, 1.54) is 30.5 Å². The Hall–Kier alpha value is -1.75. The highest BCUT2D eigenvalue weighted by Gasteiger charge is 2.45. The van der Waals surface area contributed by atoms with Crippen LogP contribution in [0, 0.1) is 12.8 Å². The molecular formula is C12H10ClFN2O2. The molecule has 0 bridgehead atoms. The van der Waals surface area contributed by atoms with Gasteiger partial charge in [0.25, 0.3) is 0 Å². The summed E-state index contributed by atoms with van der Waals surface area (Å²) in [5, 5.41) is 8.98. The molecule has 1 aliphatic rings. The largest absolute Gasteiger partial charge is 0.481 e. The van der Waals surface area contributed by atoms with E-state index in [1.807, 2.05) is 0 Å². The smallest absolute Gasteiger partial charge is 0.314 e. The number of aryl methyl sites for hydroxylation is 1. The fourth-order valence-electron chi connectivity index (χ4n) is 1.91. The lowest BCUT2D eigenvalue weighted by molar-refractivity contribution is -0.144. The van der Waals surface area contributed by atoms with Crippen molar-refractivity contribution in [3.63, 3.8) is 0 Å². The second kappa shape index (κ2) is 4.49. The molecule has 1 aromatic heterocycles. The Morgan fingerprint density at radius 3 is 2.94 bits per heavy atom. The van der Waals surface area contributed by atoms with Crippen molar-refractivity contribution < 1.29 is 14.3 Å². The third kappa shape index (κ3) is 2.01. The number of allylic oxidation sites excluding steroid dienone is 3. The molecule has 2 atom stereocenters. The SMILES string of the molecule is Cc1cnc(Cl)nc1C1(F)C=CC=CC1C(=O)O. The Balaban J connectivity index is 2.58. The first-order chi connectivity index (χ1) is 8.45. The van der Waals surface area contributed by atoms with Crippen molar-refractivity contribution in [3.8, 4) is 0 Å². The molecule has 0 radical (unpaired) electrons. The Morgan fingerprint density at radius 1 is 1.56 bits per heavy atom. The number of aliphatic carboxylic acids is 1. The van der Waals surface area contributed by atoms with Crippen molar-refractivity contribution in [2.24, 2.45) is 5.92 Å². The molecule has 2 unspecified atom stereocenters. The minimum absolute atomic E-state index is 0.0181. The maximum Gasteiger partial charge on any atom is 0.314 e. The number of halogens is 2. The van der Waals surface area contributed by atoms with Crippen LogP contribution < -0.4 is 0 Å². The average molecular weight is 269 g/mol. The van der Waals surface area contributed by atoms with Crippen LogP contribution >= 0.6 is 11.6 Å². The molecule has 4 nitrogen and oxygen atoms in total. The Labute approximate surface area is 108 Å². The van der Waals surface area contributed by atoms with E-state index in [-0.39, 0.29) is 11.0 Å². The van der Waals surface area contributed by atoms with Crippen LogP contribution in [0.5, 0.6) is 0 Å². The van der Waals surface area contributed by atoms with Gasteiger partial charge in [-0.3, -0.25) is 4.79 Å². The molecule has 1 N–H and O–H groups in total. The van der Waals surface area contributed by atoms with Crippen LogP contribution in [0.4, 0.5) is 4.39 Å². The second-order valence-electron chi connectivity index (χ2n) is 4.00. The van der Waals surface area contributed by atoms with E-state index in [0.717, 1.165) is 0 Å². The summed E-state index contributed by atoms with van der Waals surface area (Å²) in [4.78, 5) is 18.7. The molecule has 0 spiro atoms. The summed E-state index contributed by atoms with van der Waals surface area (Å²) < 4.78 is 15.0. The number of alkyl halides is 1. The minimum Gasteiger partial charge on any atom is -0.481 e. The predicted molar refractivity (Wildman–Crippen MR) is 64.0 cm³/mol. The monoisotopic (exact) mass is 268 g/mol. The van der Waals surface area contributed by atoms with Crippen molar-refractivity contribution in [1.82, 2.24) is 9.97 Å². The van der Waals surface area contributed by atoms with Gasteiger partial charge in [0.15, 0.2) is 5.67 Å². The lowest BCUT2D eigenvalue weighted by atomic mass is 9.81. The molecule has 0 fully saturated rings. The fraction of sp³-hybridized carbons (Fsp3) is 0.250. The van der Waals surface area contributed by atoms with E-state index >= 15 is 0 Å². The molecule has 1 heterocycles. The lowest BCUT2D eigenvalue weighted by Gasteiger charge is -2.28. The van der Waals surface area contributed by atoms with Crippen molar-refractivity contribution in [3.05, 3.63) is 47.0 Å². The molecule has 0 aliphatic heterocycles. The van der Waals surface area contributed by atoms with Gasteiger partial charge >= 0.3 is 5.97 Å². The van der Waals surface area contributed by atoms with Gasteiger partial charge in [-0.15, -0.1) is 0 Å². The summed E-state index contributed by atoms with van der Waals surface area (Å²) in [7, 11) is 0. The molecule has 1 aromatic rings. The van der Waals surface area contributed by atoms with Gasteiger partial charge in [0.05, 0.1) is 5.69 Å². The van der Waals surface area contributed by atoms with Crippen LogP contribution in [0.3, 0.4) is 0 Å². The van der Waals surface area contributed by atoms with Crippen molar-refractivity contribution in [2.75, 3.05) is 0 Å². The molecule has 18 heavy (non-hydrogen) atoms. The van der Waals surface area contributed by atoms with Gasteiger partial charge in [0.2, 0.25) is 5.28 Å². The topological polar surface area (TPSA) is 63.1 Å². The van der Waals surface area contributed by atoms with Gasteiger partial charge in [-0.05, 0) is 30.2 Å². The normalized spacial score (nSPS) is 26.3. The molecule has 0 saturated heterocycles. The number of nitrogens with zero attached hydrogens (tertiary/aromatic N) is 2. The van der Waals surface area contributed by atoms with Crippen molar-refractivity contribution >= 4 is 17.6 Å². The van der Waals surface area contributed by atoms with Gasteiger partial charge in [-0.25, -0.2) is 14.4 Å². The average Bonchev–Trinajstić information content (AvgIpc) is 2.32. The Kier molecular flexibility index (Phi) is 3.17. The Morgan fingerprint density at radius 2 is 2.28 bits per heavy atom. The number of carbonyl (C=O) groups is 1. The molecule has 0 amide bonds. The van der Waals surface area contributed by atoms with E-state index in [4.69, 9.17) is 16.7 Å². The summed E-state index contributed by atoms with van der Waals surface area (Å²) in [6, 6.07) is 0. The van der Waals surface area contributed by atoms with Gasteiger partial charge in [0.1, 0.15) is 5.92 Å². The first-order valence-electron chi connectivity index (χ1n) is 5.22. The highest BCUT2D eigenvalue weighted by atomic mass is 35.5. The third-order valence-corrected chi connectivity index (χ3v) is 2.96. The van der Waals surface area contributed by atoms with Crippen LogP contribution in [0.15, 0.2) is 30.5 Å². The first kappa shape index (κ1) is 12.7. The third-order valence-electron chi connectivity index (χ3n) is 2.78. The molecule has 2 rings (SSSR count). The zero-order chi connectivity index (χ0) is 13.3. The van der Waals surface area contributed by atoms with Crippen LogP contribution in [-0.2, 0) is 10.5 Å². The fourth-order valence-corrected chi connectivity index (χ4v) is 2.04. The van der Waals surface area contributed by atoms with Gasteiger partial charge < -0.3 is 5.11 Å². The minimum atomic E-state index is -2.21. The highest BCUT2D eigenvalue weighted by molar-refractivity contribution is 6.28. The van der Waals surface area contributed by atoms with Crippen LogP contribution in [0.1, 0.15) is 11.3 Å². The van der Waals surface area contributed by atoms with Gasteiger partial charge in [-0.2, -0.15) is 0 Å². The number of carboxylic acids is 1. The summed E-state index contributed by atoms with van der Waals surface area (Å²) >= 11 is 5.65. The molecule has 0 aromatic carbocycles. The van der Waals surface area contributed by atoms with Crippen LogP contribution in [-0.4, -0.2) is 21.0 Å². The molecule has 0 saturated carbocycles. The Bertz CT molecular complexity index is 559. The zero-order valence-electron chi connectivity index (χ0n) is 9.47. The number of carboxylic acid groups (broad SMARTS) is 1. The number of aromatic nitrogens is 2. The highest BCUT2D eigenvalue weighted by Crippen LogP contribution is 2.39. The summed E-state index contributed by atoms with van der Waals surface area (Å²) in [5.74, 6) is -2.58. The summed E-state index contributed by atoms with van der Waals surface area (Å²) in [6.45, 7) is 1.61. The second-order valence-corrected chi connectivity index (χ2v) is 4.34. The molecular weight excluding hydrogens is 259 g/mol. The van der Waals surface area contributed by atoms with Gasteiger partial charge in [0, 0.05) is 6.20 Å². The standard InChI is InChI=1S/C12H10ClFN2O2/c1-7-6-15-11(13)16-9(7)12(14)5-3-2-4-8(12)10(17)18/h2-6,8H,1H3,(H,17,18). The number of hydrogen-bond acceptors (Lipinski definition) is 3. The van der Waals surface area contributed by atoms with E-state index in [1.54, 1.807) is 6.92 Å². The summed E-state index contributed by atoms with van der Waals surface area (Å²) in [6.07, 6.45) is 6.79. The summed E-state index contributed by atoms with van der Waals surface area (Å²) in [5.41, 5.74) is -1.78. The van der Waals surface area contributed by atoms with Crippen LogP contribution in [0.25, 0.3) is 0 Å². The van der Waals surface area contributed by atoms with E-state index in [9.17, 15) is 9.18 Å². The van der Waals surface area contributed by atoms with E-state index < -0.39 is 17.6 Å². The van der Waals surface area contributed by atoms with Crippen molar-refractivity contribution in [2.45, 2.75) is 12.6 Å². The van der Waals surface area contributed by atoms with Crippen molar-refractivity contribution in [1.29, 1.82) is 0 Å². The van der Waals surface area contributed by atoms with Crippen LogP contribution in [0.2, 0.25) is 5.28 Å². The maximum absolute atomic E-state index is 15.0. The molecule has 1 aliphatic carbocycles. The molecule has 6 heteroatoms. The predicted octanol–water partition coefficient (Wildman–Crippen LogP) is 2.43. The quantitative estimate of drug-likeness (QED) is 0.837. The lowest BCUT2D eigenvalue weighted by Crippen LogP contribution is -2.36. The number of rotatable bonds is 2. The molecule has 94 valence electrons. The van der Waals surface area contributed by atoms with E-state index in [0.29, 0.717) is 5.56 Å². The van der Waals surface area contributed by atoms with E-state index in [2.05, 4.69) is 9.97 Å². The zero-order valence-corrected chi connectivity index (χ0v) is 10.2. The maximum atomic E-state index is 15.0. The number of hydrogen-bond donors (Lipinski definition) is 1. The first-order valence-corrected chi connectivity index (χ1v) is 5.60.